The van der Waals surface area contributed by atoms with Crippen LogP contribution in [0.3, 0.4) is 0 Å². The minimum atomic E-state index is -0.849. The van der Waals surface area contributed by atoms with Crippen molar-refractivity contribution in [2.45, 2.75) is 45.0 Å². The zero-order valence-corrected chi connectivity index (χ0v) is 20.1. The highest BCUT2D eigenvalue weighted by molar-refractivity contribution is 5.88. The van der Waals surface area contributed by atoms with Crippen molar-refractivity contribution >= 4 is 11.8 Å². The Kier molecular flexibility index (Phi) is 8.10. The number of benzene rings is 2. The first-order valence-corrected chi connectivity index (χ1v) is 11.8. The molecule has 9 heteroatoms. The Bertz CT molecular complexity index is 1110. The molecule has 2 aromatic carbocycles. The molecule has 1 saturated heterocycles. The molecule has 2 heterocycles. The maximum Gasteiger partial charge on any atom is 0.247 e. The first kappa shape index (κ1) is 24.4. The largest absolute Gasteiger partial charge is 0.496 e. The third-order valence-electron chi connectivity index (χ3n) is 6.10. The second-order valence-corrected chi connectivity index (χ2v) is 8.63. The normalized spacial score (nSPS) is 16.0. The number of ether oxygens (including phenoxy) is 2. The summed E-state index contributed by atoms with van der Waals surface area (Å²) in [6.07, 6.45) is 5.02. The number of methoxy groups -OCH3 is 1. The van der Waals surface area contributed by atoms with Crippen molar-refractivity contribution in [3.8, 4) is 5.75 Å². The molecule has 1 N–H and O–H groups in total. The van der Waals surface area contributed by atoms with Gasteiger partial charge in [-0.25, -0.2) is 4.68 Å². The van der Waals surface area contributed by atoms with Gasteiger partial charge in [0.05, 0.1) is 26.0 Å². The van der Waals surface area contributed by atoms with E-state index in [1.54, 1.807) is 18.2 Å². The molecule has 2 amide bonds. The number of nitrogens with zero attached hydrogens (tertiary/aromatic N) is 4. The van der Waals surface area contributed by atoms with Crippen LogP contribution in [0.1, 0.15) is 35.6 Å². The van der Waals surface area contributed by atoms with Gasteiger partial charge in [-0.1, -0.05) is 53.2 Å². The van der Waals surface area contributed by atoms with E-state index in [0.29, 0.717) is 18.9 Å². The highest BCUT2D eigenvalue weighted by atomic mass is 16.5. The van der Waals surface area contributed by atoms with Crippen molar-refractivity contribution in [3.63, 3.8) is 0 Å². The van der Waals surface area contributed by atoms with Crippen molar-refractivity contribution in [1.82, 2.24) is 25.2 Å². The van der Waals surface area contributed by atoms with E-state index in [0.717, 1.165) is 29.5 Å². The summed E-state index contributed by atoms with van der Waals surface area (Å²) >= 11 is 0. The zero-order valence-electron chi connectivity index (χ0n) is 20.1. The monoisotopic (exact) mass is 477 g/mol. The minimum absolute atomic E-state index is 0.00821. The van der Waals surface area contributed by atoms with Crippen LogP contribution in [0.4, 0.5) is 0 Å². The maximum absolute atomic E-state index is 13.7. The van der Waals surface area contributed by atoms with Gasteiger partial charge in [0, 0.05) is 24.9 Å². The van der Waals surface area contributed by atoms with E-state index in [4.69, 9.17) is 9.47 Å². The van der Waals surface area contributed by atoms with E-state index < -0.39 is 6.04 Å². The predicted octanol–water partition coefficient (Wildman–Crippen LogP) is 2.66. The molecule has 35 heavy (non-hydrogen) atoms. The molecule has 1 aliphatic heterocycles. The molecule has 1 aliphatic rings. The molecule has 0 spiro atoms. The Morgan fingerprint density at radius 1 is 1.23 bits per heavy atom. The fraction of sp³-hybridized carbons (Fsp3) is 0.385. The van der Waals surface area contributed by atoms with Crippen molar-refractivity contribution < 1.29 is 19.1 Å². The molecule has 2 atom stereocenters. The van der Waals surface area contributed by atoms with E-state index in [1.165, 1.54) is 10.9 Å². The molecule has 1 unspecified atom stereocenters. The standard InChI is InChI=1S/C26H31N5O4/c1-19-9-11-20(12-10-19)25(26(33)27-16-22-7-5-15-35-22)31(24(32)18-30-14-13-28-29-30)17-21-6-3-4-8-23(21)34-2/h3-4,6,8-14,22,25H,5,7,15-18H2,1-2H3,(H,27,33)/t22?,25-/m1/s1. The van der Waals surface area contributed by atoms with Crippen LogP contribution in [-0.4, -0.2) is 58.1 Å². The average molecular weight is 478 g/mol. The summed E-state index contributed by atoms with van der Waals surface area (Å²) in [6, 6.07) is 14.3. The number of rotatable bonds is 10. The summed E-state index contributed by atoms with van der Waals surface area (Å²) in [7, 11) is 1.59. The van der Waals surface area contributed by atoms with Crippen LogP contribution in [-0.2, 0) is 27.4 Å². The molecule has 9 nitrogen and oxygen atoms in total. The fourth-order valence-corrected chi connectivity index (χ4v) is 4.23. The number of aromatic nitrogens is 3. The highest BCUT2D eigenvalue weighted by Gasteiger charge is 2.33. The van der Waals surface area contributed by atoms with Gasteiger partial charge < -0.3 is 19.7 Å². The minimum Gasteiger partial charge on any atom is -0.496 e. The Balaban J connectivity index is 1.68. The van der Waals surface area contributed by atoms with Crippen LogP contribution in [0.15, 0.2) is 60.9 Å². The third kappa shape index (κ3) is 6.24. The lowest BCUT2D eigenvalue weighted by Crippen LogP contribution is -2.46. The smallest absolute Gasteiger partial charge is 0.247 e. The highest BCUT2D eigenvalue weighted by Crippen LogP contribution is 2.28. The van der Waals surface area contributed by atoms with Crippen molar-refractivity contribution in [2.75, 3.05) is 20.3 Å². The van der Waals surface area contributed by atoms with E-state index in [-0.39, 0.29) is 31.0 Å². The van der Waals surface area contributed by atoms with Gasteiger partial charge in [-0.15, -0.1) is 5.10 Å². The second kappa shape index (κ2) is 11.6. The van der Waals surface area contributed by atoms with Crippen LogP contribution < -0.4 is 10.1 Å². The van der Waals surface area contributed by atoms with Gasteiger partial charge in [0.25, 0.3) is 0 Å². The van der Waals surface area contributed by atoms with Crippen molar-refractivity contribution in [1.29, 1.82) is 0 Å². The SMILES string of the molecule is COc1ccccc1CN(C(=O)Cn1ccnn1)[C@@H](C(=O)NCC1CCCO1)c1ccc(C)cc1. The molecule has 1 aromatic heterocycles. The van der Waals surface area contributed by atoms with Crippen molar-refractivity contribution in [3.05, 3.63) is 77.6 Å². The van der Waals surface area contributed by atoms with Gasteiger partial charge in [-0.05, 0) is 31.4 Å². The second-order valence-electron chi connectivity index (χ2n) is 8.63. The van der Waals surface area contributed by atoms with Gasteiger partial charge >= 0.3 is 0 Å². The van der Waals surface area contributed by atoms with Crippen LogP contribution in [0.5, 0.6) is 5.75 Å². The number of nitrogens with one attached hydrogen (secondary N) is 1. The lowest BCUT2D eigenvalue weighted by molar-refractivity contribution is -0.142. The number of hydrogen-bond acceptors (Lipinski definition) is 6. The Morgan fingerprint density at radius 3 is 2.71 bits per heavy atom. The number of hydrogen-bond donors (Lipinski definition) is 1. The van der Waals surface area contributed by atoms with Gasteiger partial charge in [-0.2, -0.15) is 0 Å². The topological polar surface area (TPSA) is 98.6 Å². The Morgan fingerprint density at radius 2 is 2.03 bits per heavy atom. The summed E-state index contributed by atoms with van der Waals surface area (Å²) in [5, 5.41) is 10.8. The van der Waals surface area contributed by atoms with Crippen LogP contribution in [0.25, 0.3) is 0 Å². The molecule has 1 fully saturated rings. The number of amides is 2. The molecule has 4 rings (SSSR count). The van der Waals surface area contributed by atoms with Crippen molar-refractivity contribution in [2.24, 2.45) is 0 Å². The predicted molar refractivity (Wildman–Crippen MR) is 129 cm³/mol. The zero-order chi connectivity index (χ0) is 24.6. The van der Waals surface area contributed by atoms with E-state index in [1.807, 2.05) is 55.5 Å². The number of para-hydroxylation sites is 1. The van der Waals surface area contributed by atoms with Gasteiger partial charge in [-0.3, -0.25) is 9.59 Å². The quantitative estimate of drug-likeness (QED) is 0.482. The summed E-state index contributed by atoms with van der Waals surface area (Å²) in [6.45, 7) is 3.23. The summed E-state index contributed by atoms with van der Waals surface area (Å²) in [5.74, 6) is 0.124. The summed E-state index contributed by atoms with van der Waals surface area (Å²) < 4.78 is 12.7. The number of aryl methyl sites for hydroxylation is 1. The fourth-order valence-electron chi connectivity index (χ4n) is 4.23. The number of carbonyl (C=O) groups is 2. The molecule has 0 aliphatic carbocycles. The lowest BCUT2D eigenvalue weighted by atomic mass is 10.0. The molecule has 0 saturated carbocycles. The molecule has 3 aromatic rings. The van der Waals surface area contributed by atoms with Gasteiger partial charge in [0.1, 0.15) is 18.3 Å². The van der Waals surface area contributed by atoms with Crippen LogP contribution in [0.2, 0.25) is 0 Å². The molecular formula is C26H31N5O4. The van der Waals surface area contributed by atoms with Gasteiger partial charge in [0.2, 0.25) is 11.8 Å². The molecule has 0 bridgehead atoms. The molecular weight excluding hydrogens is 446 g/mol. The lowest BCUT2D eigenvalue weighted by Gasteiger charge is -2.32. The van der Waals surface area contributed by atoms with Crippen LogP contribution in [0, 0.1) is 6.92 Å². The Hall–Kier alpha value is -3.72. The summed E-state index contributed by atoms with van der Waals surface area (Å²) in [5.41, 5.74) is 2.59. The van der Waals surface area contributed by atoms with Gasteiger partial charge in [0.15, 0.2) is 0 Å². The van der Waals surface area contributed by atoms with E-state index in [2.05, 4.69) is 15.6 Å². The van der Waals surface area contributed by atoms with E-state index in [9.17, 15) is 9.59 Å². The first-order chi connectivity index (χ1) is 17.0. The molecule has 0 radical (unpaired) electrons. The van der Waals surface area contributed by atoms with E-state index >= 15 is 0 Å². The van der Waals surface area contributed by atoms with Crippen LogP contribution >= 0.6 is 0 Å². The number of carbonyl (C=O) groups excluding carboxylic acids is 2. The average Bonchev–Trinajstić information content (AvgIpc) is 3.58. The maximum atomic E-state index is 13.7. The molecule has 184 valence electrons. The summed E-state index contributed by atoms with van der Waals surface area (Å²) in [4.78, 5) is 28.9. The first-order valence-electron chi connectivity index (χ1n) is 11.8. The Labute approximate surface area is 205 Å². The third-order valence-corrected chi connectivity index (χ3v) is 6.10.